The maximum Gasteiger partial charge on any atom is 0.227 e. The van der Waals surface area contributed by atoms with Gasteiger partial charge < -0.3 is 10.6 Å². The number of hydrogen-bond acceptors (Lipinski definition) is 2. The maximum atomic E-state index is 13.5. The second kappa shape index (κ2) is 5.67. The zero-order chi connectivity index (χ0) is 13.1. The van der Waals surface area contributed by atoms with Crippen LogP contribution in [0, 0.1) is 11.7 Å². The quantitative estimate of drug-likeness (QED) is 0.868. The molecule has 1 aliphatic heterocycles. The number of anilines is 1. The van der Waals surface area contributed by atoms with Crippen LogP contribution in [-0.2, 0) is 4.79 Å². The Bertz CT molecular complexity index is 432. The van der Waals surface area contributed by atoms with Crippen LogP contribution in [0.1, 0.15) is 19.8 Å². The van der Waals surface area contributed by atoms with E-state index in [1.807, 2.05) is 6.92 Å². The highest BCUT2D eigenvalue weighted by Crippen LogP contribution is 2.26. The predicted molar refractivity (Wildman–Crippen MR) is 70.2 cm³/mol. The lowest BCUT2D eigenvalue weighted by Gasteiger charge is -2.27. The molecule has 1 fully saturated rings. The van der Waals surface area contributed by atoms with E-state index in [9.17, 15) is 9.18 Å². The van der Waals surface area contributed by atoms with Crippen molar-refractivity contribution in [3.05, 3.63) is 29.0 Å². The molecule has 1 aromatic carbocycles. The van der Waals surface area contributed by atoms with E-state index >= 15 is 0 Å². The van der Waals surface area contributed by atoms with Crippen molar-refractivity contribution in [3.63, 3.8) is 0 Å². The van der Waals surface area contributed by atoms with E-state index in [4.69, 9.17) is 11.6 Å². The van der Waals surface area contributed by atoms with Crippen LogP contribution in [0.25, 0.3) is 0 Å². The fourth-order valence-corrected chi connectivity index (χ4v) is 2.42. The minimum Gasteiger partial charge on any atom is -0.322 e. The molecule has 2 atom stereocenters. The molecule has 18 heavy (non-hydrogen) atoms. The van der Waals surface area contributed by atoms with Crippen LogP contribution in [0.2, 0.25) is 5.02 Å². The first-order chi connectivity index (χ1) is 8.58. The van der Waals surface area contributed by atoms with Crippen LogP contribution in [0.5, 0.6) is 0 Å². The highest BCUT2D eigenvalue weighted by Gasteiger charge is 2.25. The molecule has 3 nitrogen and oxygen atoms in total. The molecule has 5 heteroatoms. The van der Waals surface area contributed by atoms with E-state index in [0.29, 0.717) is 6.04 Å². The van der Waals surface area contributed by atoms with Gasteiger partial charge in [0.25, 0.3) is 0 Å². The molecule has 0 aliphatic carbocycles. The highest BCUT2D eigenvalue weighted by molar-refractivity contribution is 6.33. The van der Waals surface area contributed by atoms with Crippen molar-refractivity contribution in [1.29, 1.82) is 0 Å². The Hall–Kier alpha value is -1.13. The molecule has 1 aliphatic rings. The third-order valence-corrected chi connectivity index (χ3v) is 3.52. The molecule has 2 N–H and O–H groups in total. The smallest absolute Gasteiger partial charge is 0.227 e. The van der Waals surface area contributed by atoms with E-state index in [1.54, 1.807) is 6.07 Å². The number of amides is 1. The molecule has 1 heterocycles. The topological polar surface area (TPSA) is 41.1 Å². The summed E-state index contributed by atoms with van der Waals surface area (Å²) < 4.78 is 13.5. The third kappa shape index (κ3) is 3.00. The second-order valence-corrected chi connectivity index (χ2v) is 5.07. The maximum absolute atomic E-state index is 13.5. The standard InChI is InChI=1S/C13H16ClFN2O/c1-8-7-9(5-6-16-8)13(18)17-12-10(14)3-2-4-11(12)15/h2-4,8-9,16H,5-7H2,1H3,(H,17,18). The Kier molecular flexibility index (Phi) is 4.19. The largest absolute Gasteiger partial charge is 0.322 e. The summed E-state index contributed by atoms with van der Waals surface area (Å²) in [6.07, 6.45) is 1.53. The van der Waals surface area contributed by atoms with E-state index in [-0.39, 0.29) is 22.5 Å². The number of benzene rings is 1. The van der Waals surface area contributed by atoms with Gasteiger partial charge in [-0.3, -0.25) is 4.79 Å². The average Bonchev–Trinajstić information content (AvgIpc) is 2.34. The Morgan fingerprint density at radius 2 is 2.33 bits per heavy atom. The molecular formula is C13H16ClFN2O. The fraction of sp³-hybridized carbons (Fsp3) is 0.462. The Morgan fingerprint density at radius 1 is 1.56 bits per heavy atom. The van der Waals surface area contributed by atoms with E-state index in [1.165, 1.54) is 12.1 Å². The number of carbonyl (C=O) groups excluding carboxylic acids is 1. The lowest BCUT2D eigenvalue weighted by molar-refractivity contribution is -0.120. The summed E-state index contributed by atoms with van der Waals surface area (Å²) in [4.78, 5) is 12.1. The molecule has 2 rings (SSSR count). The lowest BCUT2D eigenvalue weighted by atomic mass is 9.92. The molecule has 0 radical (unpaired) electrons. The van der Waals surface area contributed by atoms with Gasteiger partial charge in [0.2, 0.25) is 5.91 Å². The number of rotatable bonds is 2. The van der Waals surface area contributed by atoms with Gasteiger partial charge in [0.1, 0.15) is 5.82 Å². The van der Waals surface area contributed by atoms with Crippen LogP contribution < -0.4 is 10.6 Å². The third-order valence-electron chi connectivity index (χ3n) is 3.21. The van der Waals surface area contributed by atoms with Crippen molar-refractivity contribution in [2.45, 2.75) is 25.8 Å². The van der Waals surface area contributed by atoms with Crippen LogP contribution >= 0.6 is 11.6 Å². The number of para-hydroxylation sites is 1. The summed E-state index contributed by atoms with van der Waals surface area (Å²) >= 11 is 5.87. The van der Waals surface area contributed by atoms with Gasteiger partial charge in [-0.15, -0.1) is 0 Å². The van der Waals surface area contributed by atoms with Gasteiger partial charge in [-0.1, -0.05) is 17.7 Å². The van der Waals surface area contributed by atoms with Crippen molar-refractivity contribution >= 4 is 23.2 Å². The summed E-state index contributed by atoms with van der Waals surface area (Å²) in [5.41, 5.74) is 0.0790. The predicted octanol–water partition coefficient (Wildman–Crippen LogP) is 2.81. The zero-order valence-electron chi connectivity index (χ0n) is 10.2. The van der Waals surface area contributed by atoms with Crippen LogP contribution in [0.15, 0.2) is 18.2 Å². The SMILES string of the molecule is CC1CC(C(=O)Nc2c(F)cccc2Cl)CCN1. The van der Waals surface area contributed by atoms with Crippen molar-refractivity contribution in [1.82, 2.24) is 5.32 Å². The molecular weight excluding hydrogens is 255 g/mol. The minimum absolute atomic E-state index is 0.0790. The average molecular weight is 271 g/mol. The Labute approximate surface area is 111 Å². The van der Waals surface area contributed by atoms with Crippen LogP contribution in [-0.4, -0.2) is 18.5 Å². The number of piperidine rings is 1. The molecule has 0 saturated carbocycles. The summed E-state index contributed by atoms with van der Waals surface area (Å²) in [6, 6.07) is 4.67. The van der Waals surface area contributed by atoms with Gasteiger partial charge in [-0.2, -0.15) is 0 Å². The molecule has 1 saturated heterocycles. The van der Waals surface area contributed by atoms with Gasteiger partial charge >= 0.3 is 0 Å². The zero-order valence-corrected chi connectivity index (χ0v) is 10.9. The second-order valence-electron chi connectivity index (χ2n) is 4.66. The molecule has 98 valence electrons. The van der Waals surface area contributed by atoms with Crippen molar-refractivity contribution in [3.8, 4) is 0 Å². The van der Waals surface area contributed by atoms with Gasteiger partial charge in [0.05, 0.1) is 10.7 Å². The van der Waals surface area contributed by atoms with Crippen LogP contribution in [0.3, 0.4) is 0 Å². The Balaban J connectivity index is 2.07. The van der Waals surface area contributed by atoms with Crippen molar-refractivity contribution < 1.29 is 9.18 Å². The van der Waals surface area contributed by atoms with E-state index in [0.717, 1.165) is 19.4 Å². The molecule has 1 aromatic rings. The number of halogens is 2. The molecule has 0 aromatic heterocycles. The van der Waals surface area contributed by atoms with Crippen LogP contribution in [0.4, 0.5) is 10.1 Å². The minimum atomic E-state index is -0.502. The fourth-order valence-electron chi connectivity index (χ4n) is 2.21. The number of carbonyl (C=O) groups is 1. The van der Waals surface area contributed by atoms with Gasteiger partial charge in [-0.25, -0.2) is 4.39 Å². The van der Waals surface area contributed by atoms with E-state index < -0.39 is 5.82 Å². The molecule has 2 unspecified atom stereocenters. The molecule has 0 spiro atoms. The lowest BCUT2D eigenvalue weighted by Crippen LogP contribution is -2.40. The summed E-state index contributed by atoms with van der Waals surface area (Å²) in [7, 11) is 0. The normalized spacial score (nSPS) is 23.7. The first-order valence-corrected chi connectivity index (χ1v) is 6.44. The van der Waals surface area contributed by atoms with Gasteiger partial charge in [-0.05, 0) is 38.4 Å². The van der Waals surface area contributed by atoms with Gasteiger partial charge in [0.15, 0.2) is 0 Å². The van der Waals surface area contributed by atoms with Crippen molar-refractivity contribution in [2.75, 3.05) is 11.9 Å². The monoisotopic (exact) mass is 270 g/mol. The first kappa shape index (κ1) is 13.3. The van der Waals surface area contributed by atoms with E-state index in [2.05, 4.69) is 10.6 Å². The summed E-state index contributed by atoms with van der Waals surface area (Å²) in [5, 5.41) is 6.10. The highest BCUT2D eigenvalue weighted by atomic mass is 35.5. The first-order valence-electron chi connectivity index (χ1n) is 6.06. The molecule has 0 bridgehead atoms. The molecule has 1 amide bonds. The Morgan fingerprint density at radius 3 is 3.00 bits per heavy atom. The number of hydrogen-bond donors (Lipinski definition) is 2. The van der Waals surface area contributed by atoms with Gasteiger partial charge in [0, 0.05) is 12.0 Å². The number of nitrogens with one attached hydrogen (secondary N) is 2. The summed E-state index contributed by atoms with van der Waals surface area (Å²) in [6.45, 7) is 2.85. The summed E-state index contributed by atoms with van der Waals surface area (Å²) in [5.74, 6) is -0.745. The van der Waals surface area contributed by atoms with Crippen molar-refractivity contribution in [2.24, 2.45) is 5.92 Å².